The molecule has 0 heterocycles. The van der Waals surface area contributed by atoms with E-state index in [4.69, 9.17) is 5.11 Å². The Hall–Kier alpha value is -0.330. The van der Waals surface area contributed by atoms with E-state index in [1.165, 1.54) is 0 Å². The van der Waals surface area contributed by atoms with Crippen molar-refractivity contribution >= 4 is 0 Å². The number of aliphatic hydroxyl groups excluding tert-OH is 1. The Morgan fingerprint density at radius 1 is 1.17 bits per heavy atom. The highest BCUT2D eigenvalue weighted by molar-refractivity contribution is 4.71. The average molecular weight is 271 g/mol. The van der Waals surface area contributed by atoms with Crippen molar-refractivity contribution in [1.82, 2.24) is 5.32 Å². The van der Waals surface area contributed by atoms with Crippen LogP contribution in [-0.4, -0.2) is 44.2 Å². The van der Waals surface area contributed by atoms with Gasteiger partial charge < -0.3 is 15.2 Å². The molecule has 0 saturated carbocycles. The van der Waals surface area contributed by atoms with Crippen molar-refractivity contribution in [2.75, 3.05) is 32.9 Å². The molecule has 0 aromatic heterocycles. The summed E-state index contributed by atoms with van der Waals surface area (Å²) in [6.45, 7) is 4.74. The Bertz CT molecular complexity index is 208. The topological polar surface area (TPSA) is 41.5 Å². The van der Waals surface area contributed by atoms with Gasteiger partial charge in [0.15, 0.2) is 0 Å². The molecule has 0 radical (unpaired) electrons. The molecule has 110 valence electrons. The Morgan fingerprint density at radius 3 is 2.39 bits per heavy atom. The van der Waals surface area contributed by atoms with Crippen LogP contribution in [0.2, 0.25) is 0 Å². The van der Waals surface area contributed by atoms with E-state index in [2.05, 4.69) is 23.9 Å². The molecular weight excluding hydrogens is 247 g/mol. The van der Waals surface area contributed by atoms with E-state index in [0.717, 1.165) is 19.4 Å². The maximum atomic E-state index is 11.7. The summed E-state index contributed by atoms with van der Waals surface area (Å²) in [5, 5.41) is 11.9. The van der Waals surface area contributed by atoms with Crippen molar-refractivity contribution in [1.29, 1.82) is 0 Å². The Kier molecular flexibility index (Phi) is 8.56. The second-order valence-electron chi connectivity index (χ2n) is 5.19. The van der Waals surface area contributed by atoms with Gasteiger partial charge >= 0.3 is 6.18 Å². The van der Waals surface area contributed by atoms with E-state index < -0.39 is 12.8 Å². The molecule has 6 heteroatoms. The fourth-order valence-electron chi connectivity index (χ4n) is 1.56. The fourth-order valence-corrected chi connectivity index (χ4v) is 1.56. The van der Waals surface area contributed by atoms with Crippen LogP contribution in [0.1, 0.15) is 33.1 Å². The lowest BCUT2D eigenvalue weighted by molar-refractivity contribution is -0.173. The Balaban J connectivity index is 3.39. The summed E-state index contributed by atoms with van der Waals surface area (Å²) >= 11 is 0. The molecule has 0 unspecified atom stereocenters. The van der Waals surface area contributed by atoms with Crippen LogP contribution < -0.4 is 5.32 Å². The van der Waals surface area contributed by atoms with Crippen LogP contribution in [0.15, 0.2) is 0 Å². The zero-order valence-corrected chi connectivity index (χ0v) is 11.1. The van der Waals surface area contributed by atoms with Crippen molar-refractivity contribution < 1.29 is 23.0 Å². The first kappa shape index (κ1) is 17.7. The summed E-state index contributed by atoms with van der Waals surface area (Å²) < 4.78 is 39.7. The lowest BCUT2D eigenvalue weighted by atomic mass is 9.88. The molecule has 0 rings (SSSR count). The molecule has 18 heavy (non-hydrogen) atoms. The monoisotopic (exact) mass is 271 g/mol. The maximum Gasteiger partial charge on any atom is 0.411 e. The maximum absolute atomic E-state index is 11.7. The first-order chi connectivity index (χ1) is 8.27. The molecule has 0 aliphatic rings. The van der Waals surface area contributed by atoms with Gasteiger partial charge in [-0.3, -0.25) is 0 Å². The largest absolute Gasteiger partial charge is 0.411 e. The van der Waals surface area contributed by atoms with Crippen LogP contribution in [-0.2, 0) is 4.74 Å². The Morgan fingerprint density at radius 2 is 1.83 bits per heavy atom. The lowest BCUT2D eigenvalue weighted by Gasteiger charge is -2.24. The summed E-state index contributed by atoms with van der Waals surface area (Å²) in [7, 11) is 0. The molecule has 0 aliphatic carbocycles. The molecule has 0 aliphatic heterocycles. The molecule has 0 aromatic carbocycles. The van der Waals surface area contributed by atoms with Gasteiger partial charge in [-0.05, 0) is 31.2 Å². The van der Waals surface area contributed by atoms with E-state index >= 15 is 0 Å². The third kappa shape index (κ3) is 12.1. The summed E-state index contributed by atoms with van der Waals surface area (Å²) in [5.41, 5.74) is 0.0928. The quantitative estimate of drug-likeness (QED) is 0.599. The number of hydrogen-bond donors (Lipinski definition) is 2. The van der Waals surface area contributed by atoms with Gasteiger partial charge in [-0.2, -0.15) is 13.2 Å². The fraction of sp³-hybridized carbons (Fsp3) is 1.00. The summed E-state index contributed by atoms with van der Waals surface area (Å²) in [6, 6.07) is 0. The normalized spacial score (nSPS) is 13.0. The first-order valence-electron chi connectivity index (χ1n) is 6.23. The number of nitrogens with one attached hydrogen (secondary N) is 1. The molecule has 0 amide bonds. The molecule has 0 saturated heterocycles. The van der Waals surface area contributed by atoms with Crippen molar-refractivity contribution in [3.8, 4) is 0 Å². The predicted molar refractivity (Wildman–Crippen MR) is 64.5 cm³/mol. The molecule has 0 bridgehead atoms. The zero-order chi connectivity index (χ0) is 14.1. The second-order valence-corrected chi connectivity index (χ2v) is 5.19. The minimum Gasteiger partial charge on any atom is -0.396 e. The van der Waals surface area contributed by atoms with Crippen molar-refractivity contribution in [2.45, 2.75) is 39.3 Å². The minimum atomic E-state index is -4.24. The van der Waals surface area contributed by atoms with Gasteiger partial charge in [0, 0.05) is 19.8 Å². The second kappa shape index (κ2) is 8.72. The van der Waals surface area contributed by atoms with E-state index in [9.17, 15) is 13.2 Å². The van der Waals surface area contributed by atoms with Crippen molar-refractivity contribution in [3.05, 3.63) is 0 Å². The lowest BCUT2D eigenvalue weighted by Crippen LogP contribution is -2.31. The highest BCUT2D eigenvalue weighted by Crippen LogP contribution is 2.20. The Labute approximate surface area is 107 Å². The van der Waals surface area contributed by atoms with E-state index in [1.54, 1.807) is 0 Å². The van der Waals surface area contributed by atoms with Crippen LogP contribution in [0.3, 0.4) is 0 Å². The molecule has 0 spiro atoms. The number of halogens is 3. The zero-order valence-electron chi connectivity index (χ0n) is 11.1. The number of aliphatic hydroxyl groups is 1. The van der Waals surface area contributed by atoms with Crippen LogP contribution >= 0.6 is 0 Å². The predicted octanol–water partition coefficient (Wildman–Crippen LogP) is 2.34. The molecular formula is C12H24F3NO2. The van der Waals surface area contributed by atoms with E-state index in [0.29, 0.717) is 13.0 Å². The third-order valence-corrected chi connectivity index (χ3v) is 2.52. The number of hydrogen-bond acceptors (Lipinski definition) is 3. The highest BCUT2D eigenvalue weighted by atomic mass is 19.4. The smallest absolute Gasteiger partial charge is 0.396 e. The van der Waals surface area contributed by atoms with Gasteiger partial charge in [0.1, 0.15) is 6.61 Å². The van der Waals surface area contributed by atoms with E-state index in [1.807, 2.05) is 0 Å². The van der Waals surface area contributed by atoms with E-state index in [-0.39, 0.29) is 18.6 Å². The van der Waals surface area contributed by atoms with Gasteiger partial charge in [-0.1, -0.05) is 13.8 Å². The average Bonchev–Trinajstić information content (AvgIpc) is 2.23. The summed E-state index contributed by atoms with van der Waals surface area (Å²) in [4.78, 5) is 0. The van der Waals surface area contributed by atoms with Gasteiger partial charge in [0.2, 0.25) is 0 Å². The molecule has 2 N–H and O–H groups in total. The molecule has 0 atom stereocenters. The van der Waals surface area contributed by atoms with Crippen LogP contribution in [0.4, 0.5) is 13.2 Å². The van der Waals surface area contributed by atoms with Crippen molar-refractivity contribution in [2.24, 2.45) is 5.41 Å². The third-order valence-electron chi connectivity index (χ3n) is 2.52. The number of alkyl halides is 3. The van der Waals surface area contributed by atoms with Crippen LogP contribution in [0.5, 0.6) is 0 Å². The summed E-state index contributed by atoms with van der Waals surface area (Å²) in [6.07, 6.45) is -1.99. The first-order valence-corrected chi connectivity index (χ1v) is 6.23. The number of rotatable bonds is 10. The highest BCUT2D eigenvalue weighted by Gasteiger charge is 2.27. The number of ether oxygens (including phenoxy) is 1. The van der Waals surface area contributed by atoms with Gasteiger partial charge in [0.25, 0.3) is 0 Å². The molecule has 3 nitrogen and oxygen atoms in total. The van der Waals surface area contributed by atoms with Gasteiger partial charge in [-0.15, -0.1) is 0 Å². The van der Waals surface area contributed by atoms with Gasteiger partial charge in [0.05, 0.1) is 0 Å². The summed E-state index contributed by atoms with van der Waals surface area (Å²) in [5.74, 6) is 0. The van der Waals surface area contributed by atoms with Crippen LogP contribution in [0.25, 0.3) is 0 Å². The molecule has 0 fully saturated rings. The standard InChI is InChI=1S/C12H24F3NO2/c1-11(2,5-3-7-17)9-16-6-4-8-18-10-12(13,14)15/h16-17H,3-10H2,1-2H3. The SMILES string of the molecule is CC(C)(CCCO)CNCCCOCC(F)(F)F. The minimum absolute atomic E-state index is 0.0928. The van der Waals surface area contributed by atoms with Crippen molar-refractivity contribution in [3.63, 3.8) is 0 Å². The molecule has 0 aromatic rings. The van der Waals surface area contributed by atoms with Gasteiger partial charge in [-0.25, -0.2) is 0 Å². The van der Waals surface area contributed by atoms with Crippen LogP contribution in [0, 0.1) is 5.41 Å².